The Labute approximate surface area is 397 Å². The summed E-state index contributed by atoms with van der Waals surface area (Å²) in [6, 6.07) is 60.8. The molecule has 0 spiro atoms. The number of benzene rings is 7. The molecule has 0 saturated carbocycles. The molecule has 10 rings (SSSR count). The molecule has 0 atom stereocenters. The lowest BCUT2D eigenvalue weighted by Crippen LogP contribution is -2.33. The highest BCUT2D eigenvalue weighted by atomic mass is 16.3. The predicted octanol–water partition coefficient (Wildman–Crippen LogP) is 16.4. The van der Waals surface area contributed by atoms with Gasteiger partial charge in [0.1, 0.15) is 11.6 Å². The molecule has 0 saturated heterocycles. The summed E-state index contributed by atoms with van der Waals surface area (Å²) >= 11 is 0. The molecule has 9 aromatic rings. The molecular formula is C63H61N3O. The molecule has 2 heterocycles. The first kappa shape index (κ1) is 43.8. The van der Waals surface area contributed by atoms with Crippen molar-refractivity contribution in [2.75, 3.05) is 0 Å². The standard InChI is InChI=1S/C63H61N3O/c1-60(2,3)48-36-44(35-45(37-48)54-38-43(31-34-64-54)41-27-29-47(30-28-41)63(8,9)46-21-14-11-15-22-46)50-24-18-26-56-58(50)65-59(66(56)55-25-17-16-23-49(55)42-19-12-10-13-20-42)51-39-52-53(40-57(51)67)62(6,7)33-32-61(52,4)5/h10-31,34-40,67H,32-33H2,1-9H3. The second-order valence-corrected chi connectivity index (χ2v) is 21.6. The van der Waals surface area contributed by atoms with E-state index >= 15 is 0 Å². The van der Waals surface area contributed by atoms with E-state index in [0.717, 1.165) is 79.8 Å². The fraction of sp³-hybridized carbons (Fsp3) is 0.238. The molecule has 67 heavy (non-hydrogen) atoms. The largest absolute Gasteiger partial charge is 0.507 e. The number of para-hydroxylation sites is 2. The molecular weight excluding hydrogens is 815 g/mol. The zero-order chi connectivity index (χ0) is 46.9. The van der Waals surface area contributed by atoms with Gasteiger partial charge in [0.2, 0.25) is 0 Å². The van der Waals surface area contributed by atoms with Crippen molar-refractivity contribution in [3.8, 4) is 67.5 Å². The summed E-state index contributed by atoms with van der Waals surface area (Å²) in [6.07, 6.45) is 4.06. The van der Waals surface area contributed by atoms with Crippen molar-refractivity contribution >= 4 is 11.0 Å². The summed E-state index contributed by atoms with van der Waals surface area (Å²) in [5.74, 6) is 0.961. The Morgan fingerprint density at radius 1 is 0.493 bits per heavy atom. The third-order valence-corrected chi connectivity index (χ3v) is 14.7. The predicted molar refractivity (Wildman–Crippen MR) is 280 cm³/mol. The van der Waals surface area contributed by atoms with E-state index in [2.05, 4.69) is 231 Å². The van der Waals surface area contributed by atoms with Crippen LogP contribution in [-0.4, -0.2) is 19.6 Å². The molecule has 0 amide bonds. The number of fused-ring (bicyclic) bond motifs is 2. The lowest BCUT2D eigenvalue weighted by molar-refractivity contribution is 0.330. The normalized spacial score (nSPS) is 14.5. The highest BCUT2D eigenvalue weighted by molar-refractivity contribution is 5.98. The first-order valence-corrected chi connectivity index (χ1v) is 23.8. The first-order valence-electron chi connectivity index (χ1n) is 23.8. The topological polar surface area (TPSA) is 50.9 Å². The molecule has 1 aliphatic rings. The number of imidazole rings is 1. The fourth-order valence-electron chi connectivity index (χ4n) is 10.3. The Bertz CT molecular complexity index is 3290. The second-order valence-electron chi connectivity index (χ2n) is 21.6. The van der Waals surface area contributed by atoms with E-state index < -0.39 is 0 Å². The van der Waals surface area contributed by atoms with E-state index in [1.807, 2.05) is 12.3 Å². The van der Waals surface area contributed by atoms with Crippen molar-refractivity contribution < 1.29 is 5.11 Å². The van der Waals surface area contributed by atoms with Gasteiger partial charge < -0.3 is 5.11 Å². The maximum Gasteiger partial charge on any atom is 0.149 e. The van der Waals surface area contributed by atoms with Gasteiger partial charge in [-0.3, -0.25) is 9.55 Å². The third-order valence-electron chi connectivity index (χ3n) is 14.7. The molecule has 0 bridgehead atoms. The fourth-order valence-corrected chi connectivity index (χ4v) is 10.3. The number of phenolic OH excluding ortho intramolecular Hbond substituents is 1. The van der Waals surface area contributed by atoms with E-state index in [1.54, 1.807) is 0 Å². The highest BCUT2D eigenvalue weighted by Gasteiger charge is 2.38. The van der Waals surface area contributed by atoms with Gasteiger partial charge in [0.05, 0.1) is 28.0 Å². The molecule has 0 aliphatic heterocycles. The van der Waals surface area contributed by atoms with Gasteiger partial charge in [-0.05, 0) is 128 Å². The summed E-state index contributed by atoms with van der Waals surface area (Å²) < 4.78 is 2.27. The van der Waals surface area contributed by atoms with Crippen molar-refractivity contribution in [1.82, 2.24) is 14.5 Å². The van der Waals surface area contributed by atoms with E-state index in [0.29, 0.717) is 5.82 Å². The van der Waals surface area contributed by atoms with Crippen LogP contribution in [-0.2, 0) is 21.7 Å². The first-order chi connectivity index (χ1) is 32.0. The van der Waals surface area contributed by atoms with E-state index in [9.17, 15) is 5.11 Å². The lowest BCUT2D eigenvalue weighted by Gasteiger charge is -2.42. The van der Waals surface area contributed by atoms with E-state index in [4.69, 9.17) is 9.97 Å². The zero-order valence-electron chi connectivity index (χ0n) is 40.4. The molecule has 334 valence electrons. The molecule has 1 N–H and O–H groups in total. The van der Waals surface area contributed by atoms with Crippen LogP contribution in [0, 0.1) is 0 Å². The monoisotopic (exact) mass is 875 g/mol. The summed E-state index contributed by atoms with van der Waals surface area (Å²) in [4.78, 5) is 10.7. The Morgan fingerprint density at radius 3 is 1.81 bits per heavy atom. The van der Waals surface area contributed by atoms with E-state index in [-0.39, 0.29) is 27.4 Å². The second kappa shape index (κ2) is 16.4. The van der Waals surface area contributed by atoms with Crippen LogP contribution < -0.4 is 0 Å². The van der Waals surface area contributed by atoms with Crippen LogP contribution in [0.2, 0.25) is 0 Å². The van der Waals surface area contributed by atoms with Crippen molar-refractivity contribution in [3.63, 3.8) is 0 Å². The number of aromatic hydroxyl groups is 1. The van der Waals surface area contributed by atoms with Crippen LogP contribution in [0.15, 0.2) is 176 Å². The Hall–Kier alpha value is -7.04. The molecule has 2 aromatic heterocycles. The lowest BCUT2D eigenvalue weighted by atomic mass is 9.63. The van der Waals surface area contributed by atoms with Crippen LogP contribution >= 0.6 is 0 Å². The Morgan fingerprint density at radius 2 is 1.10 bits per heavy atom. The minimum atomic E-state index is -0.147. The Kier molecular flexibility index (Phi) is 10.7. The van der Waals surface area contributed by atoms with Gasteiger partial charge in [-0.25, -0.2) is 4.98 Å². The number of nitrogens with zero attached hydrogens (tertiary/aromatic N) is 3. The molecule has 0 radical (unpaired) electrons. The number of pyridine rings is 1. The van der Waals surface area contributed by atoms with Crippen LogP contribution in [0.4, 0.5) is 0 Å². The maximum atomic E-state index is 12.2. The van der Waals surface area contributed by atoms with Crippen molar-refractivity contribution in [1.29, 1.82) is 0 Å². The molecule has 0 fully saturated rings. The quantitative estimate of drug-likeness (QED) is 0.165. The summed E-state index contributed by atoms with van der Waals surface area (Å²) in [5, 5.41) is 12.2. The summed E-state index contributed by atoms with van der Waals surface area (Å²) in [6.45, 7) is 20.7. The van der Waals surface area contributed by atoms with Crippen LogP contribution in [0.1, 0.15) is 103 Å². The van der Waals surface area contributed by atoms with Crippen LogP contribution in [0.5, 0.6) is 5.75 Å². The van der Waals surface area contributed by atoms with Gasteiger partial charge in [0.25, 0.3) is 0 Å². The highest BCUT2D eigenvalue weighted by Crippen LogP contribution is 2.50. The van der Waals surface area contributed by atoms with Crippen molar-refractivity contribution in [3.05, 3.63) is 204 Å². The van der Waals surface area contributed by atoms with Gasteiger partial charge in [-0.1, -0.05) is 184 Å². The minimum absolute atomic E-state index is 0.0530. The van der Waals surface area contributed by atoms with E-state index in [1.165, 1.54) is 27.8 Å². The number of rotatable bonds is 8. The number of hydrogen-bond donors (Lipinski definition) is 1. The molecule has 1 aliphatic carbocycles. The third kappa shape index (κ3) is 7.97. The Balaban J connectivity index is 1.15. The number of aromatic nitrogens is 3. The van der Waals surface area contributed by atoms with Crippen molar-refractivity contribution in [2.24, 2.45) is 0 Å². The summed E-state index contributed by atoms with van der Waals surface area (Å²) in [5.41, 5.74) is 18.0. The van der Waals surface area contributed by atoms with Crippen LogP contribution in [0.25, 0.3) is 72.7 Å². The van der Waals surface area contributed by atoms with Gasteiger partial charge in [0, 0.05) is 28.3 Å². The minimum Gasteiger partial charge on any atom is -0.507 e. The van der Waals surface area contributed by atoms with Crippen molar-refractivity contribution in [2.45, 2.75) is 96.8 Å². The van der Waals surface area contributed by atoms with Gasteiger partial charge in [-0.2, -0.15) is 0 Å². The molecule has 4 nitrogen and oxygen atoms in total. The summed E-state index contributed by atoms with van der Waals surface area (Å²) in [7, 11) is 0. The molecule has 4 heteroatoms. The van der Waals surface area contributed by atoms with Gasteiger partial charge in [-0.15, -0.1) is 0 Å². The van der Waals surface area contributed by atoms with Gasteiger partial charge >= 0.3 is 0 Å². The smallest absolute Gasteiger partial charge is 0.149 e. The average Bonchev–Trinajstić information content (AvgIpc) is 3.72. The number of phenols is 1. The molecule has 0 unspecified atom stereocenters. The molecule has 7 aromatic carbocycles. The maximum absolute atomic E-state index is 12.2. The van der Waals surface area contributed by atoms with Crippen LogP contribution in [0.3, 0.4) is 0 Å². The SMILES string of the molecule is CC(C)(C)c1cc(-c2cc(-c3ccc(C(C)(C)c4ccccc4)cc3)ccn2)cc(-c2cccc3c2nc(-c2cc4c(cc2O)C(C)(C)CCC4(C)C)n3-c2ccccc2-c2ccccc2)c1. The van der Waals surface area contributed by atoms with Gasteiger partial charge in [0.15, 0.2) is 0 Å². The number of hydrogen-bond acceptors (Lipinski definition) is 3. The zero-order valence-corrected chi connectivity index (χ0v) is 40.4. The average molecular weight is 876 g/mol.